The van der Waals surface area contributed by atoms with Crippen molar-refractivity contribution in [1.29, 1.82) is 0 Å². The summed E-state index contributed by atoms with van der Waals surface area (Å²) in [5, 5.41) is 0. The molecule has 3 heteroatoms. The third kappa shape index (κ3) is 2.67. The van der Waals surface area contributed by atoms with Gasteiger partial charge in [-0.05, 0) is 17.7 Å². The van der Waals surface area contributed by atoms with Crippen LogP contribution in [0.2, 0.25) is 0 Å². The molecule has 0 aliphatic heterocycles. The predicted octanol–water partition coefficient (Wildman–Crippen LogP) is 2.47. The van der Waals surface area contributed by atoms with E-state index in [-0.39, 0.29) is 0 Å². The zero-order valence-electron chi connectivity index (χ0n) is 8.67. The Hall–Kier alpha value is -2.16. The van der Waals surface area contributed by atoms with Crippen molar-refractivity contribution in [2.24, 2.45) is 0 Å². The Labute approximate surface area is 93.7 Å². The molecule has 0 unspecified atom stereocenters. The van der Waals surface area contributed by atoms with E-state index in [4.69, 9.17) is 4.74 Å². The van der Waals surface area contributed by atoms with E-state index in [2.05, 4.69) is 4.98 Å². The molecule has 2 aromatic rings. The van der Waals surface area contributed by atoms with Gasteiger partial charge in [-0.3, -0.25) is 4.79 Å². The lowest BCUT2D eigenvalue weighted by molar-refractivity contribution is 0.111. The number of aldehydes is 1. The third-order valence-corrected chi connectivity index (χ3v) is 2.13. The Morgan fingerprint density at radius 2 is 1.94 bits per heavy atom. The van der Waals surface area contributed by atoms with Gasteiger partial charge in [0.05, 0.1) is 6.20 Å². The fraction of sp³-hybridized carbons (Fsp3) is 0.0769. The van der Waals surface area contributed by atoms with E-state index in [1.165, 1.54) is 0 Å². The van der Waals surface area contributed by atoms with Crippen LogP contribution in [0.1, 0.15) is 16.1 Å². The normalized spacial score (nSPS) is 9.75. The molecule has 0 radical (unpaired) electrons. The van der Waals surface area contributed by atoms with Crippen molar-refractivity contribution in [3.8, 4) is 5.75 Å². The minimum atomic E-state index is 0.409. The summed E-state index contributed by atoms with van der Waals surface area (Å²) < 4.78 is 5.51. The summed E-state index contributed by atoms with van der Waals surface area (Å²) in [7, 11) is 0. The molecule has 80 valence electrons. The molecule has 0 atom stereocenters. The standard InChI is InChI=1S/C13H11NO2/c15-9-12-6-7-13(8-14-12)16-10-11-4-2-1-3-5-11/h1-9H,10H2. The van der Waals surface area contributed by atoms with Crippen molar-refractivity contribution in [2.45, 2.75) is 6.61 Å². The molecule has 0 aliphatic rings. The van der Waals surface area contributed by atoms with Gasteiger partial charge in [0, 0.05) is 0 Å². The SMILES string of the molecule is O=Cc1ccc(OCc2ccccc2)cn1. The summed E-state index contributed by atoms with van der Waals surface area (Å²) >= 11 is 0. The fourth-order valence-electron chi connectivity index (χ4n) is 1.29. The minimum Gasteiger partial charge on any atom is -0.487 e. The van der Waals surface area contributed by atoms with E-state index < -0.39 is 0 Å². The average Bonchev–Trinajstić information content (AvgIpc) is 2.38. The van der Waals surface area contributed by atoms with Crippen LogP contribution in [0, 0.1) is 0 Å². The molecule has 0 amide bonds. The third-order valence-electron chi connectivity index (χ3n) is 2.13. The van der Waals surface area contributed by atoms with Crippen LogP contribution in [0.4, 0.5) is 0 Å². The highest BCUT2D eigenvalue weighted by molar-refractivity contribution is 5.71. The Kier molecular flexibility index (Phi) is 3.28. The molecule has 0 fully saturated rings. The number of rotatable bonds is 4. The number of ether oxygens (including phenoxy) is 1. The zero-order valence-corrected chi connectivity index (χ0v) is 8.67. The molecule has 0 saturated heterocycles. The molecule has 0 bridgehead atoms. The van der Waals surface area contributed by atoms with Gasteiger partial charge < -0.3 is 4.74 Å². The van der Waals surface area contributed by atoms with Gasteiger partial charge in [0.25, 0.3) is 0 Å². The number of benzene rings is 1. The van der Waals surface area contributed by atoms with Crippen molar-refractivity contribution in [1.82, 2.24) is 4.98 Å². The summed E-state index contributed by atoms with van der Waals surface area (Å²) in [6.45, 7) is 0.503. The summed E-state index contributed by atoms with van der Waals surface area (Å²) in [5.74, 6) is 0.662. The van der Waals surface area contributed by atoms with Crippen molar-refractivity contribution in [2.75, 3.05) is 0 Å². The maximum Gasteiger partial charge on any atom is 0.168 e. The van der Waals surface area contributed by atoms with Gasteiger partial charge in [0.1, 0.15) is 18.1 Å². The number of nitrogens with zero attached hydrogens (tertiary/aromatic N) is 1. The van der Waals surface area contributed by atoms with Gasteiger partial charge in [-0.1, -0.05) is 30.3 Å². The van der Waals surface area contributed by atoms with Crippen molar-refractivity contribution >= 4 is 6.29 Å². The number of aromatic nitrogens is 1. The molecule has 3 nitrogen and oxygen atoms in total. The van der Waals surface area contributed by atoms with Crippen LogP contribution >= 0.6 is 0 Å². The van der Waals surface area contributed by atoms with Crippen molar-refractivity contribution < 1.29 is 9.53 Å². The first-order chi connectivity index (χ1) is 7.88. The Balaban J connectivity index is 1.97. The molecule has 1 aromatic heterocycles. The molecule has 1 aromatic carbocycles. The molecule has 16 heavy (non-hydrogen) atoms. The second-order valence-electron chi connectivity index (χ2n) is 3.31. The first-order valence-corrected chi connectivity index (χ1v) is 4.96. The lowest BCUT2D eigenvalue weighted by Crippen LogP contribution is -1.96. The lowest BCUT2D eigenvalue weighted by Gasteiger charge is -2.05. The Morgan fingerprint density at radius 1 is 1.12 bits per heavy atom. The van der Waals surface area contributed by atoms with E-state index in [9.17, 15) is 4.79 Å². The lowest BCUT2D eigenvalue weighted by atomic mass is 10.2. The number of hydrogen-bond acceptors (Lipinski definition) is 3. The fourth-order valence-corrected chi connectivity index (χ4v) is 1.29. The van der Waals surface area contributed by atoms with Crippen molar-refractivity contribution in [3.05, 3.63) is 59.9 Å². The van der Waals surface area contributed by atoms with Gasteiger partial charge >= 0.3 is 0 Å². The molecule has 0 spiro atoms. The first kappa shape index (κ1) is 10.4. The van der Waals surface area contributed by atoms with Crippen LogP contribution in [0.15, 0.2) is 48.7 Å². The second kappa shape index (κ2) is 5.07. The maximum atomic E-state index is 10.4. The first-order valence-electron chi connectivity index (χ1n) is 4.96. The van der Waals surface area contributed by atoms with Gasteiger partial charge in [-0.2, -0.15) is 0 Å². The predicted molar refractivity (Wildman–Crippen MR) is 60.4 cm³/mol. The highest BCUT2D eigenvalue weighted by Gasteiger charge is 1.96. The van der Waals surface area contributed by atoms with E-state index in [1.54, 1.807) is 18.3 Å². The zero-order chi connectivity index (χ0) is 11.2. The summed E-state index contributed by atoms with van der Waals surface area (Å²) in [6.07, 6.45) is 2.26. The molecule has 2 rings (SSSR count). The van der Waals surface area contributed by atoms with Gasteiger partial charge in [0.15, 0.2) is 6.29 Å². The van der Waals surface area contributed by atoms with E-state index in [0.29, 0.717) is 24.3 Å². The largest absolute Gasteiger partial charge is 0.487 e. The molecule has 1 heterocycles. The molecular weight excluding hydrogens is 202 g/mol. The summed E-state index contributed by atoms with van der Waals surface area (Å²) in [5.41, 5.74) is 1.51. The van der Waals surface area contributed by atoms with Crippen LogP contribution in [-0.2, 0) is 6.61 Å². The molecule has 0 saturated carbocycles. The summed E-state index contributed by atoms with van der Waals surface area (Å²) in [4.78, 5) is 14.3. The van der Waals surface area contributed by atoms with Gasteiger partial charge in [0.2, 0.25) is 0 Å². The molecule has 0 aliphatic carbocycles. The Morgan fingerprint density at radius 3 is 2.56 bits per heavy atom. The van der Waals surface area contributed by atoms with E-state index in [1.807, 2.05) is 30.3 Å². The van der Waals surface area contributed by atoms with Crippen LogP contribution in [0.25, 0.3) is 0 Å². The van der Waals surface area contributed by atoms with Gasteiger partial charge in [-0.25, -0.2) is 4.98 Å². The number of carbonyl (C=O) groups is 1. The van der Waals surface area contributed by atoms with Crippen LogP contribution < -0.4 is 4.74 Å². The highest BCUT2D eigenvalue weighted by atomic mass is 16.5. The molecular formula is C13H11NO2. The monoisotopic (exact) mass is 213 g/mol. The number of pyridine rings is 1. The Bertz CT molecular complexity index is 451. The van der Waals surface area contributed by atoms with E-state index in [0.717, 1.165) is 5.56 Å². The topological polar surface area (TPSA) is 39.2 Å². The minimum absolute atomic E-state index is 0.409. The smallest absolute Gasteiger partial charge is 0.168 e. The molecule has 0 N–H and O–H groups in total. The highest BCUT2D eigenvalue weighted by Crippen LogP contribution is 2.11. The van der Waals surface area contributed by atoms with Crippen LogP contribution in [-0.4, -0.2) is 11.3 Å². The number of hydrogen-bond donors (Lipinski definition) is 0. The maximum absolute atomic E-state index is 10.4. The van der Waals surface area contributed by atoms with Crippen LogP contribution in [0.5, 0.6) is 5.75 Å². The number of carbonyl (C=O) groups excluding carboxylic acids is 1. The summed E-state index contributed by atoms with van der Waals surface area (Å²) in [6, 6.07) is 13.2. The van der Waals surface area contributed by atoms with Gasteiger partial charge in [-0.15, -0.1) is 0 Å². The van der Waals surface area contributed by atoms with Crippen molar-refractivity contribution in [3.63, 3.8) is 0 Å². The average molecular weight is 213 g/mol. The quantitative estimate of drug-likeness (QED) is 0.732. The van der Waals surface area contributed by atoms with Crippen LogP contribution in [0.3, 0.4) is 0 Å². The van der Waals surface area contributed by atoms with E-state index >= 15 is 0 Å². The second-order valence-corrected chi connectivity index (χ2v) is 3.31.